The van der Waals surface area contributed by atoms with Crippen LogP contribution in [0.15, 0.2) is 18.7 Å². The van der Waals surface area contributed by atoms with E-state index in [1.54, 1.807) is 0 Å². The number of aliphatic carboxylic acids is 1. The number of carboxylic acids is 1. The Hall–Kier alpha value is -1.30. The van der Waals surface area contributed by atoms with Gasteiger partial charge in [0.2, 0.25) is 0 Å². The van der Waals surface area contributed by atoms with Gasteiger partial charge in [0.25, 0.3) is 0 Å². The number of carbonyl (C=O) groups is 1. The Labute approximate surface area is 81.3 Å². The number of thiophene rings is 1. The molecule has 0 aromatic carbocycles. The van der Waals surface area contributed by atoms with Crippen LogP contribution in [-0.2, 0) is 11.0 Å². The molecule has 1 heterocycles. The molecule has 0 aliphatic rings. The number of carboxylic acid groups (broad SMARTS) is 1. The molecule has 0 fully saturated rings. The highest BCUT2D eigenvalue weighted by molar-refractivity contribution is 7.13. The van der Waals surface area contributed by atoms with Crippen molar-refractivity contribution < 1.29 is 23.1 Å². The maximum atomic E-state index is 12.1. The lowest BCUT2D eigenvalue weighted by atomic mass is 10.2. The summed E-state index contributed by atoms with van der Waals surface area (Å²) in [6.45, 7) is 3.16. The summed E-state index contributed by atoms with van der Waals surface area (Å²) in [5.41, 5.74) is -0.328. The van der Waals surface area contributed by atoms with E-state index in [4.69, 9.17) is 5.11 Å². The summed E-state index contributed by atoms with van der Waals surface area (Å²) in [6, 6.07) is 1.94. The molecule has 0 aliphatic carbocycles. The molecular weight excluding hydrogens is 217 g/mol. The largest absolute Gasteiger partial charge is 0.478 e. The van der Waals surface area contributed by atoms with E-state index in [0.29, 0.717) is 11.3 Å². The van der Waals surface area contributed by atoms with Crippen LogP contribution in [0.1, 0.15) is 9.75 Å². The molecule has 0 bridgehead atoms. The van der Waals surface area contributed by atoms with Crippen molar-refractivity contribution in [3.63, 3.8) is 0 Å². The summed E-state index contributed by atoms with van der Waals surface area (Å²) in [7, 11) is 0. The third-order valence-electron chi connectivity index (χ3n) is 1.44. The van der Waals surface area contributed by atoms with E-state index in [2.05, 4.69) is 6.58 Å². The minimum atomic E-state index is -4.43. The van der Waals surface area contributed by atoms with Gasteiger partial charge in [-0.05, 0) is 12.1 Å². The van der Waals surface area contributed by atoms with Crippen molar-refractivity contribution in [2.45, 2.75) is 6.18 Å². The molecule has 1 rings (SSSR count). The summed E-state index contributed by atoms with van der Waals surface area (Å²) in [6.07, 6.45) is -4.43. The van der Waals surface area contributed by atoms with Gasteiger partial charge >= 0.3 is 12.1 Å². The second kappa shape index (κ2) is 3.45. The Balaban J connectivity index is 3.00. The summed E-state index contributed by atoms with van der Waals surface area (Å²) in [4.78, 5) is 9.58. The lowest BCUT2D eigenvalue weighted by Crippen LogP contribution is -2.00. The van der Waals surface area contributed by atoms with Gasteiger partial charge in [0.15, 0.2) is 0 Å². The molecule has 0 atom stereocenters. The van der Waals surface area contributed by atoms with E-state index in [0.717, 1.165) is 12.1 Å². The zero-order valence-corrected chi connectivity index (χ0v) is 7.58. The third-order valence-corrected chi connectivity index (χ3v) is 2.63. The molecule has 1 aromatic rings. The van der Waals surface area contributed by atoms with Crippen LogP contribution in [0.2, 0.25) is 0 Å². The first-order chi connectivity index (χ1) is 6.32. The minimum absolute atomic E-state index is 0.0184. The molecule has 14 heavy (non-hydrogen) atoms. The summed E-state index contributed by atoms with van der Waals surface area (Å²) < 4.78 is 36.3. The molecule has 0 amide bonds. The first kappa shape index (κ1) is 10.8. The Kier molecular flexibility index (Phi) is 2.66. The van der Waals surface area contributed by atoms with Crippen molar-refractivity contribution in [1.82, 2.24) is 0 Å². The molecule has 0 radical (unpaired) electrons. The van der Waals surface area contributed by atoms with Gasteiger partial charge < -0.3 is 5.11 Å². The molecule has 0 aliphatic heterocycles. The van der Waals surface area contributed by atoms with Crippen LogP contribution >= 0.6 is 11.3 Å². The van der Waals surface area contributed by atoms with E-state index < -0.39 is 17.0 Å². The van der Waals surface area contributed by atoms with E-state index in [1.807, 2.05) is 0 Å². The molecule has 0 saturated carbocycles. The van der Waals surface area contributed by atoms with Gasteiger partial charge in [0, 0.05) is 4.88 Å². The Morgan fingerprint density at radius 3 is 2.36 bits per heavy atom. The van der Waals surface area contributed by atoms with Crippen LogP contribution in [0, 0.1) is 0 Å². The van der Waals surface area contributed by atoms with Crippen LogP contribution < -0.4 is 0 Å². The SMILES string of the molecule is C=C(C(=O)O)c1ccc(C(F)(F)F)s1. The highest BCUT2D eigenvalue weighted by atomic mass is 32.1. The first-order valence-corrected chi connectivity index (χ1v) is 4.23. The fraction of sp³-hybridized carbons (Fsp3) is 0.125. The van der Waals surface area contributed by atoms with E-state index in [-0.39, 0.29) is 10.5 Å². The monoisotopic (exact) mass is 222 g/mol. The molecule has 6 heteroatoms. The number of hydrogen-bond acceptors (Lipinski definition) is 2. The third kappa shape index (κ3) is 2.14. The molecule has 2 nitrogen and oxygen atoms in total. The van der Waals surface area contributed by atoms with Crippen molar-refractivity contribution in [2.75, 3.05) is 0 Å². The Morgan fingerprint density at radius 2 is 2.00 bits per heavy atom. The van der Waals surface area contributed by atoms with Crippen LogP contribution in [0.4, 0.5) is 13.2 Å². The van der Waals surface area contributed by atoms with Crippen molar-refractivity contribution in [1.29, 1.82) is 0 Å². The lowest BCUT2D eigenvalue weighted by Gasteiger charge is -2.00. The zero-order valence-electron chi connectivity index (χ0n) is 6.76. The van der Waals surface area contributed by atoms with E-state index >= 15 is 0 Å². The van der Waals surface area contributed by atoms with Crippen LogP contribution in [-0.4, -0.2) is 11.1 Å². The van der Waals surface area contributed by atoms with Crippen molar-refractivity contribution in [3.05, 3.63) is 28.5 Å². The topological polar surface area (TPSA) is 37.3 Å². The van der Waals surface area contributed by atoms with E-state index in [9.17, 15) is 18.0 Å². The highest BCUT2D eigenvalue weighted by Gasteiger charge is 2.32. The maximum absolute atomic E-state index is 12.1. The predicted octanol–water partition coefficient (Wildman–Crippen LogP) is 2.86. The maximum Gasteiger partial charge on any atom is 0.425 e. The number of hydrogen-bond donors (Lipinski definition) is 1. The van der Waals surface area contributed by atoms with Gasteiger partial charge in [-0.25, -0.2) is 4.79 Å². The summed E-state index contributed by atoms with van der Waals surface area (Å²) in [5.74, 6) is -1.32. The van der Waals surface area contributed by atoms with Gasteiger partial charge in [0.1, 0.15) is 4.88 Å². The van der Waals surface area contributed by atoms with Crippen LogP contribution in [0.5, 0.6) is 0 Å². The minimum Gasteiger partial charge on any atom is -0.478 e. The fourth-order valence-electron chi connectivity index (χ4n) is 0.758. The summed E-state index contributed by atoms with van der Waals surface area (Å²) >= 11 is 0.371. The first-order valence-electron chi connectivity index (χ1n) is 3.42. The molecule has 0 unspecified atom stereocenters. The van der Waals surface area contributed by atoms with Crippen molar-refractivity contribution >= 4 is 22.9 Å². The van der Waals surface area contributed by atoms with E-state index in [1.165, 1.54) is 0 Å². The molecule has 0 saturated heterocycles. The number of rotatable bonds is 2. The number of alkyl halides is 3. The normalized spacial score (nSPS) is 11.4. The highest BCUT2D eigenvalue weighted by Crippen LogP contribution is 2.36. The van der Waals surface area contributed by atoms with Gasteiger partial charge in [-0.15, -0.1) is 11.3 Å². The number of halogens is 3. The van der Waals surface area contributed by atoms with Crippen molar-refractivity contribution in [2.24, 2.45) is 0 Å². The average Bonchev–Trinajstić information content (AvgIpc) is 2.49. The summed E-state index contributed by atoms with van der Waals surface area (Å²) in [5, 5.41) is 8.47. The molecular formula is C8H5F3O2S. The molecule has 76 valence electrons. The van der Waals surface area contributed by atoms with Gasteiger partial charge in [-0.1, -0.05) is 6.58 Å². The Bertz CT molecular complexity index is 378. The smallest absolute Gasteiger partial charge is 0.425 e. The zero-order chi connectivity index (χ0) is 10.9. The molecule has 1 N–H and O–H groups in total. The molecule has 0 spiro atoms. The van der Waals surface area contributed by atoms with Crippen LogP contribution in [0.3, 0.4) is 0 Å². The molecule has 1 aromatic heterocycles. The lowest BCUT2D eigenvalue weighted by molar-refractivity contribution is -0.134. The van der Waals surface area contributed by atoms with Crippen molar-refractivity contribution in [3.8, 4) is 0 Å². The quantitative estimate of drug-likeness (QED) is 0.781. The standard InChI is InChI=1S/C8H5F3O2S/c1-4(7(12)13)5-2-3-6(14-5)8(9,10)11/h2-3H,1H2,(H,12,13). The van der Waals surface area contributed by atoms with Gasteiger partial charge in [-0.2, -0.15) is 13.2 Å². The van der Waals surface area contributed by atoms with Crippen LogP contribution in [0.25, 0.3) is 5.57 Å². The second-order valence-electron chi connectivity index (χ2n) is 2.45. The second-order valence-corrected chi connectivity index (χ2v) is 3.53. The van der Waals surface area contributed by atoms with Gasteiger partial charge in [0.05, 0.1) is 5.57 Å². The average molecular weight is 222 g/mol. The predicted molar refractivity (Wildman–Crippen MR) is 46.0 cm³/mol. The van der Waals surface area contributed by atoms with Gasteiger partial charge in [-0.3, -0.25) is 0 Å². The Morgan fingerprint density at radius 1 is 1.43 bits per heavy atom. The fourth-order valence-corrected chi connectivity index (χ4v) is 1.59.